The molecule has 0 bridgehead atoms. The van der Waals surface area contributed by atoms with Crippen molar-refractivity contribution in [2.75, 3.05) is 30.4 Å². The third-order valence-electron chi connectivity index (χ3n) is 7.26. The van der Waals surface area contributed by atoms with E-state index in [1.807, 2.05) is 0 Å². The number of aryl methyl sites for hydroxylation is 1. The number of fused-ring (bicyclic) bond motifs is 4. The zero-order valence-corrected chi connectivity index (χ0v) is 20.7. The molecule has 1 aliphatic rings. The fourth-order valence-corrected chi connectivity index (χ4v) is 5.46. The van der Waals surface area contributed by atoms with Gasteiger partial charge in [-0.05, 0) is 25.3 Å². The SMILES string of the molecule is CNc1cc(F)c(F)c2c1[nH]c1ncc(-c3cnc4c(c3)c(=O)c(C(=O)O)cn4C)c(N3CCCCC3)c12. The number of nitrogens with one attached hydrogen (secondary N) is 2. The number of piperidine rings is 1. The number of aromatic carboxylic acids is 1. The second-order valence-electron chi connectivity index (χ2n) is 9.52. The first kappa shape index (κ1) is 23.8. The van der Waals surface area contributed by atoms with Crippen LogP contribution in [0.2, 0.25) is 0 Å². The molecule has 0 amide bonds. The Morgan fingerprint density at radius 1 is 1.11 bits per heavy atom. The Morgan fingerprint density at radius 3 is 2.58 bits per heavy atom. The van der Waals surface area contributed by atoms with E-state index in [2.05, 4.69) is 25.2 Å². The zero-order chi connectivity index (χ0) is 26.7. The second kappa shape index (κ2) is 8.79. The maximum absolute atomic E-state index is 15.4. The van der Waals surface area contributed by atoms with Crippen molar-refractivity contribution in [2.45, 2.75) is 19.3 Å². The van der Waals surface area contributed by atoms with Gasteiger partial charge in [-0.1, -0.05) is 0 Å². The highest BCUT2D eigenvalue weighted by atomic mass is 19.2. The number of carboxylic acids is 1. The lowest BCUT2D eigenvalue weighted by molar-refractivity contribution is 0.0695. The molecule has 11 heteroatoms. The molecule has 0 atom stereocenters. The highest BCUT2D eigenvalue weighted by Gasteiger charge is 2.26. The van der Waals surface area contributed by atoms with E-state index in [-0.39, 0.29) is 16.3 Å². The van der Waals surface area contributed by atoms with Crippen LogP contribution in [0.1, 0.15) is 29.6 Å². The van der Waals surface area contributed by atoms with Crippen molar-refractivity contribution in [3.63, 3.8) is 0 Å². The van der Waals surface area contributed by atoms with Crippen LogP contribution >= 0.6 is 0 Å². The smallest absolute Gasteiger partial charge is 0.341 e. The summed E-state index contributed by atoms with van der Waals surface area (Å²) in [5.74, 6) is -3.28. The fourth-order valence-electron chi connectivity index (χ4n) is 5.46. The molecule has 1 fully saturated rings. The first-order valence-corrected chi connectivity index (χ1v) is 12.3. The molecule has 9 nitrogen and oxygen atoms in total. The second-order valence-corrected chi connectivity index (χ2v) is 9.52. The predicted octanol–water partition coefficient (Wildman–Crippen LogP) is 4.64. The highest BCUT2D eigenvalue weighted by molar-refractivity contribution is 6.18. The average Bonchev–Trinajstić information content (AvgIpc) is 3.32. The Morgan fingerprint density at radius 2 is 1.87 bits per heavy atom. The molecule has 1 aliphatic heterocycles. The fraction of sp³-hybridized carbons (Fsp3) is 0.259. The summed E-state index contributed by atoms with van der Waals surface area (Å²) in [5.41, 5.74) is 2.31. The number of anilines is 2. The number of hydrogen-bond donors (Lipinski definition) is 3. The van der Waals surface area contributed by atoms with Crippen molar-refractivity contribution in [3.8, 4) is 11.1 Å². The van der Waals surface area contributed by atoms with Crippen LogP contribution in [0.5, 0.6) is 0 Å². The van der Waals surface area contributed by atoms with Gasteiger partial charge in [-0.15, -0.1) is 0 Å². The largest absolute Gasteiger partial charge is 0.477 e. The van der Waals surface area contributed by atoms with E-state index in [9.17, 15) is 19.1 Å². The lowest BCUT2D eigenvalue weighted by Crippen LogP contribution is -2.30. The summed E-state index contributed by atoms with van der Waals surface area (Å²) >= 11 is 0. The number of aromatic nitrogens is 4. The minimum atomic E-state index is -1.33. The molecule has 1 aromatic carbocycles. The van der Waals surface area contributed by atoms with E-state index >= 15 is 4.39 Å². The highest BCUT2D eigenvalue weighted by Crippen LogP contribution is 2.43. The van der Waals surface area contributed by atoms with Crippen molar-refractivity contribution in [2.24, 2.45) is 7.05 Å². The molecule has 0 spiro atoms. The Labute approximate surface area is 214 Å². The van der Waals surface area contributed by atoms with Crippen LogP contribution < -0.4 is 15.6 Å². The van der Waals surface area contributed by atoms with Gasteiger partial charge in [-0.3, -0.25) is 4.79 Å². The lowest BCUT2D eigenvalue weighted by atomic mass is 9.99. The Hall–Kier alpha value is -4.54. The number of H-pyrrole nitrogens is 1. The van der Waals surface area contributed by atoms with Gasteiger partial charge in [-0.25, -0.2) is 23.5 Å². The Bertz CT molecular complexity index is 1840. The molecule has 4 aromatic heterocycles. The molecular weight excluding hydrogens is 494 g/mol. The number of carbonyl (C=O) groups is 1. The van der Waals surface area contributed by atoms with Crippen LogP contribution in [-0.4, -0.2) is 50.7 Å². The van der Waals surface area contributed by atoms with Crippen LogP contribution in [0.25, 0.3) is 44.1 Å². The van der Waals surface area contributed by atoms with Crippen molar-refractivity contribution in [3.05, 3.63) is 58.1 Å². The maximum Gasteiger partial charge on any atom is 0.341 e. The van der Waals surface area contributed by atoms with Crippen LogP contribution in [0, 0.1) is 11.6 Å². The lowest BCUT2D eigenvalue weighted by Gasteiger charge is -2.31. The van der Waals surface area contributed by atoms with Crippen molar-refractivity contribution in [1.29, 1.82) is 0 Å². The molecule has 0 radical (unpaired) electrons. The normalized spacial score (nSPS) is 14.1. The van der Waals surface area contributed by atoms with E-state index in [4.69, 9.17) is 0 Å². The van der Waals surface area contributed by atoms with Crippen molar-refractivity contribution < 1.29 is 18.7 Å². The first-order valence-electron chi connectivity index (χ1n) is 12.3. The Kier molecular flexibility index (Phi) is 5.51. The quantitative estimate of drug-likeness (QED) is 0.317. The predicted molar refractivity (Wildman–Crippen MR) is 142 cm³/mol. The number of halogens is 2. The van der Waals surface area contributed by atoms with Gasteiger partial charge in [0.25, 0.3) is 0 Å². The van der Waals surface area contributed by atoms with Crippen LogP contribution in [0.15, 0.2) is 35.5 Å². The molecule has 3 N–H and O–H groups in total. The van der Waals surface area contributed by atoms with Crippen LogP contribution in [0.3, 0.4) is 0 Å². The van der Waals surface area contributed by atoms with Gasteiger partial charge in [0, 0.05) is 63.0 Å². The molecule has 194 valence electrons. The van der Waals surface area contributed by atoms with Gasteiger partial charge in [-0.2, -0.15) is 0 Å². The number of nitrogens with zero attached hydrogens (tertiary/aromatic N) is 4. The number of carboxylic acid groups (broad SMARTS) is 1. The van der Waals surface area contributed by atoms with E-state index in [1.165, 1.54) is 10.8 Å². The zero-order valence-electron chi connectivity index (χ0n) is 20.7. The molecule has 5 heterocycles. The summed E-state index contributed by atoms with van der Waals surface area (Å²) in [5, 5.41) is 13.1. The van der Waals surface area contributed by atoms with E-state index < -0.39 is 23.0 Å². The van der Waals surface area contributed by atoms with Crippen molar-refractivity contribution >= 4 is 50.3 Å². The monoisotopic (exact) mass is 518 g/mol. The molecular formula is C27H24F2N6O3. The van der Waals surface area contributed by atoms with Gasteiger partial charge in [0.1, 0.15) is 16.9 Å². The topological polar surface area (TPSA) is 116 Å². The van der Waals surface area contributed by atoms with Gasteiger partial charge in [0.05, 0.1) is 33.1 Å². The van der Waals surface area contributed by atoms with E-state index in [0.29, 0.717) is 57.8 Å². The summed E-state index contributed by atoms with van der Waals surface area (Å²) in [6.07, 6.45) is 7.39. The standard InChI is InChI=1S/C27H24F2N6O3/c1-30-18-9-17(28)21(29)19-20-23(35-6-4-3-5-7-35)15(11-31-25(20)33-22(18)19)13-8-14-24(36)16(27(37)38)12-34(2)26(14)32-10-13/h8-12,30H,3-7H2,1-2H3,(H,31,33)(H,37,38). The number of aromatic amines is 1. The van der Waals surface area contributed by atoms with Gasteiger partial charge < -0.3 is 24.9 Å². The van der Waals surface area contributed by atoms with Gasteiger partial charge in [0.15, 0.2) is 11.6 Å². The van der Waals surface area contributed by atoms with Crippen LogP contribution in [0.4, 0.5) is 20.2 Å². The molecule has 1 saturated heterocycles. The third kappa shape index (κ3) is 3.49. The molecule has 0 saturated carbocycles. The van der Waals surface area contributed by atoms with E-state index in [1.54, 1.807) is 32.6 Å². The number of pyridine rings is 3. The minimum absolute atomic E-state index is 0.0945. The average molecular weight is 519 g/mol. The summed E-state index contributed by atoms with van der Waals surface area (Å²) in [6.45, 7) is 1.42. The Balaban J connectivity index is 1.72. The first-order chi connectivity index (χ1) is 18.3. The van der Waals surface area contributed by atoms with Gasteiger partial charge >= 0.3 is 5.97 Å². The van der Waals surface area contributed by atoms with E-state index in [0.717, 1.165) is 25.3 Å². The molecule has 5 aromatic rings. The molecule has 0 unspecified atom stereocenters. The third-order valence-corrected chi connectivity index (χ3v) is 7.26. The summed E-state index contributed by atoms with van der Waals surface area (Å²) in [4.78, 5) is 39.0. The number of hydrogen-bond acceptors (Lipinski definition) is 6. The molecule has 38 heavy (non-hydrogen) atoms. The summed E-state index contributed by atoms with van der Waals surface area (Å²) < 4.78 is 31.6. The van der Waals surface area contributed by atoms with Gasteiger partial charge in [0.2, 0.25) is 5.43 Å². The van der Waals surface area contributed by atoms with Crippen LogP contribution in [-0.2, 0) is 7.05 Å². The number of rotatable bonds is 4. The molecule has 0 aliphatic carbocycles. The molecule has 6 rings (SSSR count). The number of benzene rings is 1. The van der Waals surface area contributed by atoms with Crippen molar-refractivity contribution in [1.82, 2.24) is 19.5 Å². The summed E-state index contributed by atoms with van der Waals surface area (Å²) in [7, 11) is 3.25. The summed E-state index contributed by atoms with van der Waals surface area (Å²) in [6, 6.07) is 2.70. The minimum Gasteiger partial charge on any atom is -0.477 e. The maximum atomic E-state index is 15.4.